The lowest BCUT2D eigenvalue weighted by atomic mass is 9.88. The maximum absolute atomic E-state index is 11.6. The average Bonchev–Trinajstić information content (AvgIpc) is 2.92. The zero-order valence-electron chi connectivity index (χ0n) is 15.0. The molecule has 0 saturated carbocycles. The van der Waals surface area contributed by atoms with Crippen LogP contribution in [0.1, 0.15) is 25.1 Å². The Morgan fingerprint density at radius 2 is 1.96 bits per heavy atom. The Morgan fingerprint density at radius 3 is 2.58 bits per heavy atom. The van der Waals surface area contributed by atoms with Crippen LogP contribution in [0.4, 0.5) is 0 Å². The van der Waals surface area contributed by atoms with Crippen molar-refractivity contribution >= 4 is 28.6 Å². The molecule has 3 rings (SSSR count). The van der Waals surface area contributed by atoms with Gasteiger partial charge in [0.1, 0.15) is 11.4 Å². The number of hydrogen-bond acceptors (Lipinski definition) is 3. The first-order valence-corrected chi connectivity index (χ1v) is 8.68. The van der Waals surface area contributed by atoms with Gasteiger partial charge in [-0.25, -0.2) is 4.98 Å². The monoisotopic (exact) mass is 372 g/mol. The van der Waals surface area contributed by atoms with E-state index in [1.165, 1.54) is 0 Å². The number of pyridine rings is 1. The maximum atomic E-state index is 11.6. The molecule has 0 aliphatic rings. The van der Waals surface area contributed by atoms with E-state index in [1.54, 1.807) is 27.2 Å². The van der Waals surface area contributed by atoms with Crippen LogP contribution in [-0.4, -0.2) is 27.7 Å². The van der Waals surface area contributed by atoms with Crippen LogP contribution >= 0.6 is 11.6 Å². The van der Waals surface area contributed by atoms with Gasteiger partial charge in [-0.2, -0.15) is 0 Å². The van der Waals surface area contributed by atoms with Crippen LogP contribution in [-0.2, 0) is 17.8 Å². The van der Waals surface area contributed by atoms with Crippen molar-refractivity contribution in [2.45, 2.75) is 26.8 Å². The van der Waals surface area contributed by atoms with Crippen molar-refractivity contribution in [2.75, 3.05) is 7.11 Å². The molecule has 26 heavy (non-hydrogen) atoms. The van der Waals surface area contributed by atoms with Crippen LogP contribution in [0.25, 0.3) is 11.0 Å². The first-order valence-electron chi connectivity index (χ1n) is 8.30. The van der Waals surface area contributed by atoms with Crippen molar-refractivity contribution in [1.82, 2.24) is 9.55 Å². The molecule has 0 fully saturated rings. The Morgan fingerprint density at radius 1 is 1.27 bits per heavy atom. The summed E-state index contributed by atoms with van der Waals surface area (Å²) in [5, 5.41) is 11.1. The fourth-order valence-corrected chi connectivity index (χ4v) is 3.04. The molecule has 0 amide bonds. The summed E-state index contributed by atoms with van der Waals surface area (Å²) in [7, 11) is 1.60. The second-order valence-electron chi connectivity index (χ2n) is 7.00. The molecule has 1 aromatic carbocycles. The summed E-state index contributed by atoms with van der Waals surface area (Å²) in [5.41, 5.74) is 1.91. The van der Waals surface area contributed by atoms with Crippen molar-refractivity contribution in [2.24, 2.45) is 5.41 Å². The molecule has 0 unspecified atom stereocenters. The van der Waals surface area contributed by atoms with E-state index in [1.807, 2.05) is 36.4 Å². The Balaban J connectivity index is 2.08. The van der Waals surface area contributed by atoms with Crippen LogP contribution in [0.2, 0.25) is 5.02 Å². The first-order chi connectivity index (χ1) is 12.3. The number of benzene rings is 1. The predicted molar refractivity (Wildman–Crippen MR) is 102 cm³/mol. The van der Waals surface area contributed by atoms with Gasteiger partial charge in [0, 0.05) is 29.1 Å². The number of rotatable bonds is 6. The summed E-state index contributed by atoms with van der Waals surface area (Å²) in [6.45, 7) is 4.05. The highest BCUT2D eigenvalue weighted by Gasteiger charge is 2.29. The quantitative estimate of drug-likeness (QED) is 0.696. The molecule has 0 spiro atoms. The number of ether oxygens (including phenoxy) is 1. The summed E-state index contributed by atoms with van der Waals surface area (Å²) >= 11 is 5.98. The Labute approximate surface area is 157 Å². The lowest BCUT2D eigenvalue weighted by molar-refractivity contribution is -0.146. The number of carboxylic acids is 1. The molecular weight excluding hydrogens is 352 g/mol. The number of fused-ring (bicyclic) bond motifs is 1. The highest BCUT2D eigenvalue weighted by atomic mass is 35.5. The van der Waals surface area contributed by atoms with Gasteiger partial charge in [-0.1, -0.05) is 23.7 Å². The number of carboxylic acid groups (broad SMARTS) is 1. The number of aromatic nitrogens is 2. The van der Waals surface area contributed by atoms with E-state index in [2.05, 4.69) is 9.55 Å². The van der Waals surface area contributed by atoms with Gasteiger partial charge in [-0.05, 0) is 43.7 Å². The molecule has 2 heterocycles. The normalized spacial score (nSPS) is 11.7. The predicted octanol–water partition coefficient (Wildman–Crippen LogP) is 4.40. The van der Waals surface area contributed by atoms with Crippen molar-refractivity contribution in [1.29, 1.82) is 0 Å². The Hall–Kier alpha value is -2.53. The minimum absolute atomic E-state index is 0.397. The van der Waals surface area contributed by atoms with Gasteiger partial charge in [0.05, 0.1) is 18.7 Å². The highest BCUT2D eigenvalue weighted by molar-refractivity contribution is 6.30. The molecule has 0 aliphatic carbocycles. The van der Waals surface area contributed by atoms with Gasteiger partial charge in [-0.15, -0.1) is 0 Å². The van der Waals surface area contributed by atoms with E-state index in [9.17, 15) is 9.90 Å². The third-order valence-electron chi connectivity index (χ3n) is 4.49. The molecule has 136 valence electrons. The molecule has 1 N–H and O–H groups in total. The topological polar surface area (TPSA) is 64.3 Å². The first kappa shape index (κ1) is 18.3. The number of carbonyl (C=O) groups is 1. The van der Waals surface area contributed by atoms with Gasteiger partial charge in [-0.3, -0.25) is 4.79 Å². The van der Waals surface area contributed by atoms with Crippen molar-refractivity contribution in [3.63, 3.8) is 0 Å². The largest absolute Gasteiger partial charge is 0.495 e. The van der Waals surface area contributed by atoms with Crippen LogP contribution in [0, 0.1) is 5.41 Å². The molecule has 0 aliphatic heterocycles. The summed E-state index contributed by atoms with van der Waals surface area (Å²) in [4.78, 5) is 16.1. The Bertz CT molecular complexity index is 946. The second-order valence-corrected chi connectivity index (χ2v) is 7.44. The lowest BCUT2D eigenvalue weighted by Gasteiger charge is -2.20. The fourth-order valence-electron chi connectivity index (χ4n) is 2.91. The van der Waals surface area contributed by atoms with E-state index in [4.69, 9.17) is 16.3 Å². The van der Waals surface area contributed by atoms with E-state index in [0.717, 1.165) is 22.3 Å². The highest BCUT2D eigenvalue weighted by Crippen LogP contribution is 2.29. The molecule has 6 heteroatoms. The molecular formula is C20H21ClN2O3. The van der Waals surface area contributed by atoms with Crippen LogP contribution in [0.15, 0.2) is 42.6 Å². The third kappa shape index (κ3) is 3.68. The van der Waals surface area contributed by atoms with Crippen molar-refractivity contribution < 1.29 is 14.6 Å². The van der Waals surface area contributed by atoms with Gasteiger partial charge in [0.15, 0.2) is 0 Å². The fraction of sp³-hybridized carbons (Fsp3) is 0.300. The molecule has 0 bridgehead atoms. The Kier molecular flexibility index (Phi) is 4.92. The van der Waals surface area contributed by atoms with E-state index >= 15 is 0 Å². The molecule has 3 aromatic rings. The van der Waals surface area contributed by atoms with E-state index in [-0.39, 0.29) is 0 Å². The molecule has 0 saturated heterocycles. The summed E-state index contributed by atoms with van der Waals surface area (Å²) in [6.07, 6.45) is 2.07. The molecule has 2 aromatic heterocycles. The van der Waals surface area contributed by atoms with Gasteiger partial charge < -0.3 is 14.4 Å². The summed E-state index contributed by atoms with van der Waals surface area (Å²) in [6, 6.07) is 11.5. The minimum atomic E-state index is -0.879. The molecule has 0 radical (unpaired) electrons. The summed E-state index contributed by atoms with van der Waals surface area (Å²) in [5.74, 6) is -0.156. The lowest BCUT2D eigenvalue weighted by Crippen LogP contribution is -2.27. The SMILES string of the molecule is COc1cnc2c(c1)cc(CC(C)(C)C(=O)O)n2Cc1ccc(Cl)cc1. The van der Waals surface area contributed by atoms with Gasteiger partial charge in [0.2, 0.25) is 0 Å². The number of hydrogen-bond donors (Lipinski definition) is 1. The average molecular weight is 373 g/mol. The third-order valence-corrected chi connectivity index (χ3v) is 4.74. The zero-order chi connectivity index (χ0) is 18.9. The number of aliphatic carboxylic acids is 1. The summed E-state index contributed by atoms with van der Waals surface area (Å²) < 4.78 is 7.32. The number of methoxy groups -OCH3 is 1. The zero-order valence-corrected chi connectivity index (χ0v) is 15.7. The maximum Gasteiger partial charge on any atom is 0.309 e. The van der Waals surface area contributed by atoms with Crippen LogP contribution in [0.3, 0.4) is 0 Å². The van der Waals surface area contributed by atoms with E-state index < -0.39 is 11.4 Å². The molecule has 5 nitrogen and oxygen atoms in total. The van der Waals surface area contributed by atoms with Crippen LogP contribution in [0.5, 0.6) is 5.75 Å². The van der Waals surface area contributed by atoms with Crippen molar-refractivity contribution in [3.05, 3.63) is 58.9 Å². The van der Waals surface area contributed by atoms with Gasteiger partial charge in [0.25, 0.3) is 0 Å². The van der Waals surface area contributed by atoms with Crippen molar-refractivity contribution in [3.8, 4) is 5.75 Å². The number of nitrogens with zero attached hydrogens (tertiary/aromatic N) is 2. The minimum Gasteiger partial charge on any atom is -0.495 e. The smallest absolute Gasteiger partial charge is 0.309 e. The number of halogens is 1. The van der Waals surface area contributed by atoms with Gasteiger partial charge >= 0.3 is 5.97 Å². The molecule has 0 atom stereocenters. The van der Waals surface area contributed by atoms with Crippen LogP contribution < -0.4 is 4.74 Å². The van der Waals surface area contributed by atoms with E-state index in [0.29, 0.717) is 23.7 Å². The second kappa shape index (κ2) is 7.00. The standard InChI is InChI=1S/C20H21ClN2O3/c1-20(2,19(24)25)10-16-8-14-9-17(26-3)11-22-18(14)23(16)12-13-4-6-15(21)7-5-13/h4-9,11H,10,12H2,1-3H3,(H,24,25).